The summed E-state index contributed by atoms with van der Waals surface area (Å²) in [5.74, 6) is -0.0686. The Hall–Kier alpha value is -1.90. The number of aryl methyl sites for hydroxylation is 1. The Morgan fingerprint density at radius 1 is 1.00 bits per heavy atom. The minimum atomic E-state index is -0.430. The van der Waals surface area contributed by atoms with Gasteiger partial charge >= 0.3 is 0 Å². The molecule has 2 rings (SSSR count). The summed E-state index contributed by atoms with van der Waals surface area (Å²) in [6, 6.07) is 8.07. The minimum Gasteiger partial charge on any atom is -0.497 e. The highest BCUT2D eigenvalue weighted by Gasteiger charge is 2.26. The summed E-state index contributed by atoms with van der Waals surface area (Å²) in [6.45, 7) is 7.72. The lowest BCUT2D eigenvalue weighted by atomic mass is 9.80. The first kappa shape index (κ1) is 16.5. The van der Waals surface area contributed by atoms with Gasteiger partial charge in [-0.1, -0.05) is 39.8 Å². The summed E-state index contributed by atoms with van der Waals surface area (Å²) >= 11 is 0. The number of benzene rings is 2. The van der Waals surface area contributed by atoms with E-state index in [1.807, 2.05) is 27.7 Å². The molecule has 0 heterocycles. The van der Waals surface area contributed by atoms with Gasteiger partial charge in [-0.05, 0) is 41.2 Å². The van der Waals surface area contributed by atoms with Gasteiger partial charge in [0.15, 0.2) is 0 Å². The molecule has 0 aliphatic rings. The molecule has 0 radical (unpaired) electrons. The van der Waals surface area contributed by atoms with E-state index in [-0.39, 0.29) is 11.6 Å². The molecule has 0 spiro atoms. The van der Waals surface area contributed by atoms with Gasteiger partial charge in [0.25, 0.3) is 0 Å². The van der Waals surface area contributed by atoms with Gasteiger partial charge in [0.2, 0.25) is 0 Å². The second-order valence-corrected chi connectivity index (χ2v) is 6.41. The Bertz CT molecular complexity index is 685. The molecule has 0 aliphatic carbocycles. The quantitative estimate of drug-likeness (QED) is 0.727. The highest BCUT2D eigenvalue weighted by atomic mass is 19.1. The molecular weight excluding hydrogens is 282 g/mol. The van der Waals surface area contributed by atoms with E-state index in [1.54, 1.807) is 24.3 Å². The summed E-state index contributed by atoms with van der Waals surface area (Å²) in [7, 11) is 1.53. The zero-order chi connectivity index (χ0) is 16.5. The Morgan fingerprint density at radius 2 is 1.68 bits per heavy atom. The first-order chi connectivity index (χ1) is 10.3. The van der Waals surface area contributed by atoms with Crippen LogP contribution in [0, 0.1) is 11.6 Å². The molecular formula is C19H22F2O. The maximum Gasteiger partial charge on any atom is 0.131 e. The monoisotopic (exact) mass is 304 g/mol. The molecule has 0 saturated carbocycles. The number of methoxy groups -OCH3 is 1. The van der Waals surface area contributed by atoms with Crippen molar-refractivity contribution >= 4 is 0 Å². The van der Waals surface area contributed by atoms with E-state index in [1.165, 1.54) is 13.2 Å². The molecule has 2 aromatic rings. The van der Waals surface area contributed by atoms with Gasteiger partial charge in [0.05, 0.1) is 7.11 Å². The van der Waals surface area contributed by atoms with E-state index in [0.717, 1.165) is 0 Å². The topological polar surface area (TPSA) is 9.23 Å². The Kier molecular flexibility index (Phi) is 4.55. The number of hydrogen-bond donors (Lipinski definition) is 0. The third-order valence-electron chi connectivity index (χ3n) is 3.82. The van der Waals surface area contributed by atoms with Crippen LogP contribution in [-0.4, -0.2) is 7.11 Å². The van der Waals surface area contributed by atoms with Crippen LogP contribution in [-0.2, 0) is 11.8 Å². The van der Waals surface area contributed by atoms with Crippen LogP contribution in [0.4, 0.5) is 8.78 Å². The largest absolute Gasteiger partial charge is 0.497 e. The highest BCUT2D eigenvalue weighted by molar-refractivity contribution is 5.71. The molecule has 22 heavy (non-hydrogen) atoms. The van der Waals surface area contributed by atoms with E-state index >= 15 is 0 Å². The number of ether oxygens (including phenoxy) is 1. The number of halogens is 2. The average Bonchev–Trinajstić information content (AvgIpc) is 2.46. The fourth-order valence-electron chi connectivity index (χ4n) is 2.69. The Balaban J connectivity index is 2.78. The fourth-order valence-corrected chi connectivity index (χ4v) is 2.69. The van der Waals surface area contributed by atoms with E-state index in [9.17, 15) is 8.78 Å². The van der Waals surface area contributed by atoms with Crippen LogP contribution >= 0.6 is 0 Å². The molecule has 0 bridgehead atoms. The van der Waals surface area contributed by atoms with Crippen molar-refractivity contribution in [1.82, 2.24) is 0 Å². The molecule has 0 aliphatic heterocycles. The van der Waals surface area contributed by atoms with Crippen molar-refractivity contribution in [1.29, 1.82) is 0 Å². The zero-order valence-electron chi connectivity index (χ0n) is 13.8. The fraction of sp³-hybridized carbons (Fsp3) is 0.368. The van der Waals surface area contributed by atoms with Crippen molar-refractivity contribution in [2.45, 2.75) is 39.5 Å². The lowest BCUT2D eigenvalue weighted by Crippen LogP contribution is -2.17. The normalized spacial score (nSPS) is 11.6. The molecule has 0 fully saturated rings. The smallest absolute Gasteiger partial charge is 0.131 e. The van der Waals surface area contributed by atoms with Gasteiger partial charge in [-0.2, -0.15) is 0 Å². The van der Waals surface area contributed by atoms with Crippen LogP contribution in [0.3, 0.4) is 0 Å². The van der Waals surface area contributed by atoms with Crippen LogP contribution in [0.1, 0.15) is 38.8 Å². The summed E-state index contributed by atoms with van der Waals surface area (Å²) < 4.78 is 34.3. The molecule has 0 atom stereocenters. The highest BCUT2D eigenvalue weighted by Crippen LogP contribution is 2.38. The molecule has 118 valence electrons. The van der Waals surface area contributed by atoms with Gasteiger partial charge in [-0.25, -0.2) is 8.78 Å². The lowest BCUT2D eigenvalue weighted by molar-refractivity contribution is 0.414. The predicted molar refractivity (Wildman–Crippen MR) is 86.4 cm³/mol. The molecule has 0 amide bonds. The van der Waals surface area contributed by atoms with Crippen molar-refractivity contribution < 1.29 is 13.5 Å². The molecule has 0 N–H and O–H groups in total. The molecule has 0 aromatic heterocycles. The van der Waals surface area contributed by atoms with Gasteiger partial charge in [0.1, 0.15) is 17.4 Å². The number of rotatable bonds is 3. The summed E-state index contributed by atoms with van der Waals surface area (Å²) in [6.07, 6.45) is 0.607. The van der Waals surface area contributed by atoms with E-state index in [2.05, 4.69) is 0 Å². The minimum absolute atomic E-state index is 0.241. The van der Waals surface area contributed by atoms with Crippen LogP contribution in [0.5, 0.6) is 5.75 Å². The molecule has 2 aromatic carbocycles. The van der Waals surface area contributed by atoms with Gasteiger partial charge in [-0.3, -0.25) is 0 Å². The second-order valence-electron chi connectivity index (χ2n) is 6.41. The molecule has 0 unspecified atom stereocenters. The Morgan fingerprint density at radius 3 is 2.23 bits per heavy atom. The van der Waals surface area contributed by atoms with Crippen molar-refractivity contribution in [3.8, 4) is 16.9 Å². The molecule has 1 nitrogen and oxygen atoms in total. The predicted octanol–water partition coefficient (Wildman–Crippen LogP) is 5.50. The maximum atomic E-state index is 14.9. The first-order valence-corrected chi connectivity index (χ1v) is 7.45. The van der Waals surface area contributed by atoms with Crippen LogP contribution in [0.2, 0.25) is 0 Å². The maximum absolute atomic E-state index is 14.9. The third-order valence-corrected chi connectivity index (χ3v) is 3.82. The van der Waals surface area contributed by atoms with E-state index < -0.39 is 5.41 Å². The van der Waals surface area contributed by atoms with Gasteiger partial charge in [-0.15, -0.1) is 0 Å². The van der Waals surface area contributed by atoms with Crippen molar-refractivity contribution in [2.24, 2.45) is 0 Å². The van der Waals surface area contributed by atoms with Crippen molar-refractivity contribution in [3.63, 3.8) is 0 Å². The van der Waals surface area contributed by atoms with Crippen LogP contribution < -0.4 is 4.74 Å². The van der Waals surface area contributed by atoms with Gasteiger partial charge in [0, 0.05) is 11.1 Å². The van der Waals surface area contributed by atoms with Crippen LogP contribution in [0.25, 0.3) is 11.1 Å². The zero-order valence-corrected chi connectivity index (χ0v) is 13.8. The number of hydrogen-bond acceptors (Lipinski definition) is 1. The Labute approximate surface area is 130 Å². The standard InChI is InChI=1S/C19H22F2O/c1-6-12-7-9-14(17(18(12)21)19(2,3)4)15-11-13(22-5)8-10-16(15)20/h7-11H,6H2,1-5H3. The molecule has 3 heteroatoms. The van der Waals surface area contributed by atoms with Crippen LogP contribution in [0.15, 0.2) is 30.3 Å². The SMILES string of the molecule is CCc1ccc(-c2cc(OC)ccc2F)c(C(C)(C)C)c1F. The second kappa shape index (κ2) is 6.07. The average molecular weight is 304 g/mol. The third kappa shape index (κ3) is 2.99. The molecule has 0 saturated heterocycles. The van der Waals surface area contributed by atoms with Gasteiger partial charge < -0.3 is 4.74 Å². The summed E-state index contributed by atoms with van der Waals surface area (Å²) in [4.78, 5) is 0. The summed E-state index contributed by atoms with van der Waals surface area (Å²) in [5.41, 5.74) is 1.71. The van der Waals surface area contributed by atoms with Crippen molar-refractivity contribution in [2.75, 3.05) is 7.11 Å². The lowest BCUT2D eigenvalue weighted by Gasteiger charge is -2.25. The summed E-state index contributed by atoms with van der Waals surface area (Å²) in [5, 5.41) is 0. The van der Waals surface area contributed by atoms with E-state index in [0.29, 0.717) is 34.4 Å². The van der Waals surface area contributed by atoms with Crippen molar-refractivity contribution in [3.05, 3.63) is 53.1 Å². The van der Waals surface area contributed by atoms with E-state index in [4.69, 9.17) is 4.74 Å². The first-order valence-electron chi connectivity index (χ1n) is 7.45.